The summed E-state index contributed by atoms with van der Waals surface area (Å²) in [7, 11) is 0. The van der Waals surface area contributed by atoms with Gasteiger partial charge in [-0.3, -0.25) is 19.1 Å². The topological polar surface area (TPSA) is 98.9 Å². The van der Waals surface area contributed by atoms with Crippen molar-refractivity contribution in [3.63, 3.8) is 0 Å². The monoisotopic (exact) mass is 431 g/mol. The molecule has 1 aromatic carbocycles. The number of hydrogen-bond acceptors (Lipinski definition) is 5. The van der Waals surface area contributed by atoms with Gasteiger partial charge in [0.1, 0.15) is 12.2 Å². The number of aromatic nitrogens is 4. The summed E-state index contributed by atoms with van der Waals surface area (Å²) < 4.78 is 3.44. The van der Waals surface area contributed by atoms with Crippen molar-refractivity contribution in [3.05, 3.63) is 51.0 Å². The minimum atomic E-state index is -0.454. The highest BCUT2D eigenvalue weighted by atomic mass is 79.9. The molecule has 1 N–H and O–H groups in total. The first-order valence-corrected chi connectivity index (χ1v) is 9.12. The summed E-state index contributed by atoms with van der Waals surface area (Å²) in [6.07, 6.45) is 1.76. The quantitative estimate of drug-likeness (QED) is 0.626. The Bertz CT molecular complexity index is 1100. The van der Waals surface area contributed by atoms with E-state index in [0.717, 1.165) is 9.15 Å². The largest absolute Gasteiger partial charge is 0.308 e. The van der Waals surface area contributed by atoms with E-state index in [9.17, 15) is 14.4 Å². The third-order valence-electron chi connectivity index (χ3n) is 3.95. The van der Waals surface area contributed by atoms with Crippen LogP contribution < -0.4 is 10.9 Å². The number of anilines is 1. The third kappa shape index (κ3) is 3.97. The van der Waals surface area contributed by atoms with E-state index in [4.69, 9.17) is 0 Å². The van der Waals surface area contributed by atoms with Crippen molar-refractivity contribution in [1.29, 1.82) is 0 Å². The lowest BCUT2D eigenvalue weighted by atomic mass is 10.1. The second-order valence-corrected chi connectivity index (χ2v) is 7.30. The molecule has 0 aliphatic carbocycles. The molecule has 0 unspecified atom stereocenters. The van der Waals surface area contributed by atoms with E-state index >= 15 is 0 Å². The predicted octanol–water partition coefficient (Wildman–Crippen LogP) is 2.78. The van der Waals surface area contributed by atoms with Crippen LogP contribution in [-0.2, 0) is 11.3 Å². The lowest BCUT2D eigenvalue weighted by molar-refractivity contribution is -0.117. The normalized spacial score (nSPS) is 11.1. The Labute approximate surface area is 163 Å². The molecule has 9 heteroatoms. The van der Waals surface area contributed by atoms with Gasteiger partial charge in [-0.1, -0.05) is 15.9 Å². The third-order valence-corrected chi connectivity index (χ3v) is 4.45. The van der Waals surface area contributed by atoms with Gasteiger partial charge in [-0.05, 0) is 32.0 Å². The molecule has 0 atom stereocenters. The summed E-state index contributed by atoms with van der Waals surface area (Å²) in [6, 6.07) is 6.82. The fourth-order valence-electron chi connectivity index (χ4n) is 2.64. The van der Waals surface area contributed by atoms with Gasteiger partial charge in [0, 0.05) is 35.1 Å². The maximum absolute atomic E-state index is 12.7. The minimum absolute atomic E-state index is 0.141. The van der Waals surface area contributed by atoms with Crippen LogP contribution in [0.1, 0.15) is 37.3 Å². The molecular formula is C18H18BrN5O3. The molecule has 0 aliphatic rings. The number of hydrogen-bond donors (Lipinski definition) is 1. The number of halogens is 1. The number of ketones is 1. The van der Waals surface area contributed by atoms with Gasteiger partial charge in [0.25, 0.3) is 5.56 Å². The Hall–Kier alpha value is -2.81. The molecule has 2 aromatic heterocycles. The first-order chi connectivity index (χ1) is 12.8. The van der Waals surface area contributed by atoms with Gasteiger partial charge in [-0.15, -0.1) is 0 Å². The van der Waals surface area contributed by atoms with Crippen LogP contribution in [0.5, 0.6) is 0 Å². The Balaban J connectivity index is 1.93. The summed E-state index contributed by atoms with van der Waals surface area (Å²) in [6.45, 7) is 4.99. The van der Waals surface area contributed by atoms with E-state index in [1.54, 1.807) is 35.1 Å². The average Bonchev–Trinajstić information content (AvgIpc) is 3.05. The molecule has 140 valence electrons. The highest BCUT2D eigenvalue weighted by molar-refractivity contribution is 9.10. The zero-order chi connectivity index (χ0) is 19.7. The van der Waals surface area contributed by atoms with Crippen molar-refractivity contribution in [2.45, 2.75) is 33.4 Å². The number of benzene rings is 1. The van der Waals surface area contributed by atoms with Crippen molar-refractivity contribution in [1.82, 2.24) is 19.6 Å². The van der Waals surface area contributed by atoms with Gasteiger partial charge in [0.05, 0.1) is 5.39 Å². The molecule has 27 heavy (non-hydrogen) atoms. The zero-order valence-corrected chi connectivity index (χ0v) is 16.6. The Morgan fingerprint density at radius 3 is 2.56 bits per heavy atom. The first-order valence-electron chi connectivity index (χ1n) is 8.32. The van der Waals surface area contributed by atoms with E-state index in [2.05, 4.69) is 31.4 Å². The minimum Gasteiger partial charge on any atom is -0.308 e. The molecule has 0 spiro atoms. The van der Waals surface area contributed by atoms with Gasteiger partial charge in [-0.25, -0.2) is 4.68 Å². The number of amides is 1. The van der Waals surface area contributed by atoms with Crippen LogP contribution in [0.15, 0.2) is 39.7 Å². The molecule has 0 bridgehead atoms. The molecular weight excluding hydrogens is 414 g/mol. The number of nitrogens with one attached hydrogen (secondary N) is 1. The maximum atomic E-state index is 12.7. The van der Waals surface area contributed by atoms with Crippen molar-refractivity contribution < 1.29 is 9.59 Å². The smallest absolute Gasteiger partial charge is 0.275 e. The number of carbonyl (C=O) groups is 2. The fourth-order valence-corrected chi connectivity index (χ4v) is 3.00. The maximum Gasteiger partial charge on any atom is 0.275 e. The van der Waals surface area contributed by atoms with Crippen LogP contribution in [0.4, 0.5) is 5.82 Å². The molecule has 0 saturated heterocycles. The van der Waals surface area contributed by atoms with E-state index in [-0.39, 0.29) is 24.1 Å². The van der Waals surface area contributed by atoms with Crippen LogP contribution in [0.3, 0.4) is 0 Å². The van der Waals surface area contributed by atoms with Crippen molar-refractivity contribution in [2.24, 2.45) is 0 Å². The summed E-state index contributed by atoms with van der Waals surface area (Å²) in [5.74, 6) is -0.356. The number of Topliss-reactive ketones (excluding diaryl/α,β-unsaturated/α-hetero) is 1. The highest BCUT2D eigenvalue weighted by Crippen LogP contribution is 2.20. The SMILES string of the molecule is CC(=O)c1nn(CC(=O)Nc2ccn(C(C)C)n2)c(=O)c2ccc(Br)cc12. The lowest BCUT2D eigenvalue weighted by Crippen LogP contribution is -2.31. The molecule has 0 saturated carbocycles. The van der Waals surface area contributed by atoms with Gasteiger partial charge in [-0.2, -0.15) is 10.2 Å². The number of nitrogens with zero attached hydrogens (tertiary/aromatic N) is 4. The molecule has 3 rings (SSSR count). The standard InChI is InChI=1S/C18H18BrN5O3/c1-10(2)23-7-6-15(21-23)20-16(26)9-24-18(27)13-5-4-12(19)8-14(13)17(22-24)11(3)25/h4-8,10H,9H2,1-3H3,(H,20,21,26). The predicted molar refractivity (Wildman–Crippen MR) is 105 cm³/mol. The Kier molecular flexibility index (Phi) is 5.22. The summed E-state index contributed by atoms with van der Waals surface area (Å²) in [5, 5.41) is 11.8. The number of rotatable bonds is 5. The Morgan fingerprint density at radius 1 is 1.19 bits per heavy atom. The molecule has 2 heterocycles. The van der Waals surface area contributed by atoms with E-state index in [1.165, 1.54) is 6.92 Å². The second-order valence-electron chi connectivity index (χ2n) is 6.38. The van der Waals surface area contributed by atoms with Gasteiger partial charge >= 0.3 is 0 Å². The van der Waals surface area contributed by atoms with Crippen molar-refractivity contribution in [3.8, 4) is 0 Å². The molecule has 8 nitrogen and oxygen atoms in total. The zero-order valence-electron chi connectivity index (χ0n) is 15.1. The van der Waals surface area contributed by atoms with Crippen LogP contribution in [0, 0.1) is 0 Å². The number of fused-ring (bicyclic) bond motifs is 1. The van der Waals surface area contributed by atoms with E-state index < -0.39 is 11.5 Å². The van der Waals surface area contributed by atoms with Crippen LogP contribution in [-0.4, -0.2) is 31.3 Å². The highest BCUT2D eigenvalue weighted by Gasteiger charge is 2.16. The van der Waals surface area contributed by atoms with Gasteiger partial charge in [0.15, 0.2) is 11.6 Å². The van der Waals surface area contributed by atoms with E-state index in [0.29, 0.717) is 16.6 Å². The van der Waals surface area contributed by atoms with E-state index in [1.807, 2.05) is 13.8 Å². The van der Waals surface area contributed by atoms with Crippen LogP contribution >= 0.6 is 15.9 Å². The molecule has 1 amide bonds. The molecule has 0 radical (unpaired) electrons. The number of carbonyl (C=O) groups excluding carboxylic acids is 2. The summed E-state index contributed by atoms with van der Waals surface area (Å²) in [5.41, 5.74) is -0.298. The van der Waals surface area contributed by atoms with Crippen molar-refractivity contribution in [2.75, 3.05) is 5.32 Å². The fraction of sp³-hybridized carbons (Fsp3) is 0.278. The van der Waals surface area contributed by atoms with Crippen LogP contribution in [0.25, 0.3) is 10.8 Å². The summed E-state index contributed by atoms with van der Waals surface area (Å²) in [4.78, 5) is 37.0. The van der Waals surface area contributed by atoms with Gasteiger partial charge in [0.2, 0.25) is 5.91 Å². The molecule has 3 aromatic rings. The molecule has 0 aliphatic heterocycles. The first kappa shape index (κ1) is 19.0. The average molecular weight is 432 g/mol. The second kappa shape index (κ2) is 7.43. The molecule has 0 fully saturated rings. The summed E-state index contributed by atoms with van der Waals surface area (Å²) >= 11 is 3.33. The van der Waals surface area contributed by atoms with Crippen LogP contribution in [0.2, 0.25) is 0 Å². The van der Waals surface area contributed by atoms with Crippen molar-refractivity contribution >= 4 is 44.2 Å². The van der Waals surface area contributed by atoms with Gasteiger partial charge < -0.3 is 5.32 Å². The Morgan fingerprint density at radius 2 is 1.93 bits per heavy atom. The lowest BCUT2D eigenvalue weighted by Gasteiger charge is -2.10.